The fourth-order valence-electron chi connectivity index (χ4n) is 1.31. The summed E-state index contributed by atoms with van der Waals surface area (Å²) < 4.78 is 1.87. The van der Waals surface area contributed by atoms with Gasteiger partial charge in [-0.25, -0.2) is 0 Å². The van der Waals surface area contributed by atoms with Gasteiger partial charge in [-0.2, -0.15) is 0 Å². The number of hydrazone groups is 1. The smallest absolute Gasteiger partial charge is 0.172 e. The zero-order valence-electron chi connectivity index (χ0n) is 7.34. The fourth-order valence-corrected chi connectivity index (χ4v) is 1.66. The minimum atomic E-state index is -0.0209. The summed E-state index contributed by atoms with van der Waals surface area (Å²) in [6.45, 7) is 0. The van der Waals surface area contributed by atoms with Crippen LogP contribution in [0.3, 0.4) is 0 Å². The van der Waals surface area contributed by atoms with Crippen molar-refractivity contribution >= 4 is 24.5 Å². The minimum absolute atomic E-state index is 0.0209. The largest absolute Gasteiger partial charge is 0.756 e. The second-order valence-corrected chi connectivity index (χ2v) is 3.44. The van der Waals surface area contributed by atoms with Gasteiger partial charge in [0, 0.05) is 5.37 Å². The van der Waals surface area contributed by atoms with Crippen molar-refractivity contribution in [2.24, 2.45) is 0 Å². The van der Waals surface area contributed by atoms with Crippen molar-refractivity contribution in [1.29, 1.82) is 0 Å². The quantitative estimate of drug-likeness (QED) is 0.518. The lowest BCUT2D eigenvalue weighted by molar-refractivity contribution is -0.548. The highest BCUT2D eigenvalue weighted by molar-refractivity contribution is 7.60. The van der Waals surface area contributed by atoms with Crippen LogP contribution >= 0.6 is 0 Å². The van der Waals surface area contributed by atoms with Crippen molar-refractivity contribution in [2.45, 2.75) is 5.37 Å². The zero-order valence-corrected chi connectivity index (χ0v) is 8.16. The lowest BCUT2D eigenvalue weighted by atomic mass is 10.3. The molecule has 68 valence electrons. The number of nitrogens with one attached hydrogen (secondary N) is 1. The molecule has 0 radical (unpaired) electrons. The number of nitrogens with zero attached hydrogens (tertiary/aromatic N) is 2. The molecule has 0 spiro atoms. The van der Waals surface area contributed by atoms with E-state index in [1.165, 1.54) is 0 Å². The predicted octanol–water partition coefficient (Wildman–Crippen LogP) is 0.512. The molecule has 1 aliphatic rings. The first kappa shape index (κ1) is 8.44. The van der Waals surface area contributed by atoms with Crippen LogP contribution in [0.1, 0.15) is 0 Å². The summed E-state index contributed by atoms with van der Waals surface area (Å²) in [5.41, 5.74) is 4.21. The Morgan fingerprint density at radius 2 is 2.08 bits per heavy atom. The number of anilines is 1. The van der Waals surface area contributed by atoms with E-state index in [1.807, 2.05) is 53.3 Å². The molecule has 0 bridgehead atoms. The highest BCUT2D eigenvalue weighted by Gasteiger charge is 2.18. The van der Waals surface area contributed by atoms with Crippen LogP contribution in [0.2, 0.25) is 0 Å². The molecule has 1 atom stereocenters. The van der Waals surface area contributed by atoms with E-state index < -0.39 is 0 Å². The summed E-state index contributed by atoms with van der Waals surface area (Å²) >= 11 is 5.25. The molecule has 0 aromatic heterocycles. The van der Waals surface area contributed by atoms with Gasteiger partial charge in [-0.3, -0.25) is 5.01 Å². The molecular formula is C9H11N3S. The Morgan fingerprint density at radius 1 is 1.38 bits per heavy atom. The normalized spacial score (nSPS) is 21.2. The maximum Gasteiger partial charge on any atom is 0.172 e. The topological polar surface area (TPSA) is 18.3 Å². The predicted molar refractivity (Wildman–Crippen MR) is 55.5 cm³/mol. The Labute approximate surface area is 83.0 Å². The van der Waals surface area contributed by atoms with Gasteiger partial charge < -0.3 is 12.6 Å². The molecule has 4 heteroatoms. The third-order valence-corrected chi connectivity index (χ3v) is 2.24. The first-order valence-corrected chi connectivity index (χ1v) is 4.59. The van der Waals surface area contributed by atoms with Gasteiger partial charge >= 0.3 is 0 Å². The van der Waals surface area contributed by atoms with Crippen molar-refractivity contribution in [1.82, 2.24) is 5.53 Å². The number of hydrogen-bond acceptors (Lipinski definition) is 3. The van der Waals surface area contributed by atoms with E-state index in [9.17, 15) is 0 Å². The van der Waals surface area contributed by atoms with Crippen molar-refractivity contribution in [3.8, 4) is 0 Å². The van der Waals surface area contributed by atoms with Gasteiger partial charge in [0.1, 0.15) is 0 Å². The molecular weight excluding hydrogens is 182 g/mol. The molecule has 0 amide bonds. The Bertz CT molecular complexity index is 323. The molecule has 0 saturated carbocycles. The molecule has 1 aromatic rings. The van der Waals surface area contributed by atoms with Crippen LogP contribution in [-0.2, 0) is 12.6 Å². The standard InChI is InChI=1S/C9H11N3S/c1-11-7-9(13)12(10-11)8-5-3-2-4-6-8/h2-7,9-10H,1H3. The molecule has 0 aliphatic carbocycles. The lowest BCUT2D eigenvalue weighted by Crippen LogP contribution is -2.40. The minimum Gasteiger partial charge on any atom is -0.756 e. The Morgan fingerprint density at radius 3 is 2.62 bits per heavy atom. The Hall–Kier alpha value is -1.16. The molecule has 3 nitrogen and oxygen atoms in total. The van der Waals surface area contributed by atoms with Crippen molar-refractivity contribution < 1.29 is 4.68 Å². The monoisotopic (exact) mass is 193 g/mol. The average Bonchev–Trinajstić information content (AvgIpc) is 2.47. The van der Waals surface area contributed by atoms with Crippen LogP contribution in [0.4, 0.5) is 5.69 Å². The highest BCUT2D eigenvalue weighted by Crippen LogP contribution is 2.14. The van der Waals surface area contributed by atoms with Gasteiger partial charge in [-0.05, 0) is 12.1 Å². The van der Waals surface area contributed by atoms with Crippen LogP contribution in [0, 0.1) is 0 Å². The molecule has 1 heterocycles. The summed E-state index contributed by atoms with van der Waals surface area (Å²) in [6.07, 6.45) is 1.95. The first-order valence-electron chi connectivity index (χ1n) is 4.11. The highest BCUT2D eigenvalue weighted by atomic mass is 32.1. The SMILES string of the molecule is C[N+]1=CC([S-])N(c2ccccc2)N1. The van der Waals surface area contributed by atoms with Crippen LogP contribution in [-0.4, -0.2) is 23.3 Å². The van der Waals surface area contributed by atoms with Crippen LogP contribution in [0.15, 0.2) is 30.3 Å². The average molecular weight is 193 g/mol. The number of hydrogen-bond donors (Lipinski definition) is 1. The van der Waals surface area contributed by atoms with E-state index in [2.05, 4.69) is 5.53 Å². The van der Waals surface area contributed by atoms with Gasteiger partial charge in [-0.15, -0.1) is 10.2 Å². The van der Waals surface area contributed by atoms with E-state index in [4.69, 9.17) is 12.6 Å². The third-order valence-electron chi connectivity index (χ3n) is 1.91. The van der Waals surface area contributed by atoms with Gasteiger partial charge in [0.05, 0.1) is 5.69 Å². The van der Waals surface area contributed by atoms with E-state index in [-0.39, 0.29) is 5.37 Å². The molecule has 1 N–H and O–H groups in total. The van der Waals surface area contributed by atoms with E-state index >= 15 is 0 Å². The summed E-state index contributed by atoms with van der Waals surface area (Å²) in [5, 5.41) is 1.92. The van der Waals surface area contributed by atoms with Crippen LogP contribution < -0.4 is 10.5 Å². The molecule has 1 unspecified atom stereocenters. The summed E-state index contributed by atoms with van der Waals surface area (Å²) in [6, 6.07) is 10.0. The second kappa shape index (κ2) is 3.30. The van der Waals surface area contributed by atoms with Gasteiger partial charge in [0.25, 0.3) is 0 Å². The van der Waals surface area contributed by atoms with Crippen molar-refractivity contribution in [3.05, 3.63) is 30.3 Å². The lowest BCUT2D eigenvalue weighted by Gasteiger charge is -2.25. The summed E-state index contributed by atoms with van der Waals surface area (Å²) in [5.74, 6) is 0. The number of benzene rings is 1. The van der Waals surface area contributed by atoms with Crippen molar-refractivity contribution in [2.75, 3.05) is 12.1 Å². The molecule has 1 aromatic carbocycles. The van der Waals surface area contributed by atoms with Crippen LogP contribution in [0.25, 0.3) is 0 Å². The maximum absolute atomic E-state index is 5.25. The third kappa shape index (κ3) is 1.62. The van der Waals surface area contributed by atoms with Gasteiger partial charge in [-0.1, -0.05) is 18.2 Å². The molecule has 2 rings (SSSR count). The fraction of sp³-hybridized carbons (Fsp3) is 0.222. The van der Waals surface area contributed by atoms with Crippen molar-refractivity contribution in [3.63, 3.8) is 0 Å². The van der Waals surface area contributed by atoms with Gasteiger partial charge in [0.15, 0.2) is 13.3 Å². The van der Waals surface area contributed by atoms with Crippen LogP contribution in [0.5, 0.6) is 0 Å². The molecule has 13 heavy (non-hydrogen) atoms. The van der Waals surface area contributed by atoms with E-state index in [1.54, 1.807) is 0 Å². The van der Waals surface area contributed by atoms with E-state index in [0.717, 1.165) is 5.69 Å². The number of para-hydroxylation sites is 1. The maximum atomic E-state index is 5.25. The zero-order chi connectivity index (χ0) is 9.26. The summed E-state index contributed by atoms with van der Waals surface area (Å²) in [4.78, 5) is 0. The van der Waals surface area contributed by atoms with E-state index in [0.29, 0.717) is 0 Å². The van der Waals surface area contributed by atoms with Gasteiger partial charge in [0.2, 0.25) is 0 Å². The summed E-state index contributed by atoms with van der Waals surface area (Å²) in [7, 11) is 1.93. The molecule has 0 fully saturated rings. The Kier molecular flexibility index (Phi) is 2.14. The Balaban J connectivity index is 2.21. The second-order valence-electron chi connectivity index (χ2n) is 2.96. The molecule has 1 aliphatic heterocycles. The number of rotatable bonds is 1. The first-order chi connectivity index (χ1) is 6.27. The number of hydrazine groups is 2. The molecule has 0 saturated heterocycles.